The molecule has 0 radical (unpaired) electrons. The van der Waals surface area contributed by atoms with Crippen LogP contribution in [0.4, 0.5) is 0 Å². The number of benzene rings is 2. The SMILES string of the molecule is COc1ccc(C)cc1Cn1cnc2sc(-c3ccccc3)cc2c1=O. The van der Waals surface area contributed by atoms with Crippen molar-refractivity contribution in [2.45, 2.75) is 13.5 Å². The summed E-state index contributed by atoms with van der Waals surface area (Å²) < 4.78 is 7.07. The maximum atomic E-state index is 13.0. The van der Waals surface area contributed by atoms with Crippen LogP contribution in [0.5, 0.6) is 5.75 Å². The summed E-state index contributed by atoms with van der Waals surface area (Å²) in [5, 5.41) is 0.656. The van der Waals surface area contributed by atoms with Gasteiger partial charge in [0, 0.05) is 10.4 Å². The molecule has 0 aliphatic carbocycles. The van der Waals surface area contributed by atoms with Crippen LogP contribution in [0.15, 0.2) is 65.7 Å². The highest BCUT2D eigenvalue weighted by molar-refractivity contribution is 7.21. The number of aromatic nitrogens is 2. The second-order valence-electron chi connectivity index (χ2n) is 6.19. The minimum atomic E-state index is -0.0306. The van der Waals surface area contributed by atoms with Gasteiger partial charge in [0.1, 0.15) is 10.6 Å². The molecule has 0 saturated heterocycles. The Balaban J connectivity index is 1.77. The standard InChI is InChI=1S/C21H18N2O2S/c1-14-8-9-18(25-2)16(10-14)12-23-13-22-20-17(21(23)24)11-19(26-20)15-6-4-3-5-7-15/h3-11,13H,12H2,1-2H3. The second-order valence-corrected chi connectivity index (χ2v) is 7.22. The lowest BCUT2D eigenvalue weighted by Gasteiger charge is -2.11. The molecule has 2 aromatic heterocycles. The van der Waals surface area contributed by atoms with Crippen molar-refractivity contribution in [1.29, 1.82) is 0 Å². The lowest BCUT2D eigenvalue weighted by Crippen LogP contribution is -2.20. The van der Waals surface area contributed by atoms with E-state index in [0.717, 1.165) is 32.1 Å². The Kier molecular flexibility index (Phi) is 4.31. The highest BCUT2D eigenvalue weighted by atomic mass is 32.1. The Bertz CT molecular complexity index is 1130. The summed E-state index contributed by atoms with van der Waals surface area (Å²) in [6.45, 7) is 2.46. The van der Waals surface area contributed by atoms with Crippen molar-refractivity contribution in [2.75, 3.05) is 7.11 Å². The Labute approximate surface area is 155 Å². The number of nitrogens with zero attached hydrogens (tertiary/aromatic N) is 2. The third-order valence-electron chi connectivity index (χ3n) is 4.35. The molecule has 0 unspecified atom stereocenters. The molecule has 130 valence electrons. The van der Waals surface area contributed by atoms with Gasteiger partial charge in [-0.25, -0.2) is 4.98 Å². The van der Waals surface area contributed by atoms with Gasteiger partial charge in [0.2, 0.25) is 0 Å². The van der Waals surface area contributed by atoms with E-state index in [1.54, 1.807) is 29.3 Å². The summed E-state index contributed by atoms with van der Waals surface area (Å²) in [6, 6.07) is 18.0. The molecule has 0 atom stereocenters. The Morgan fingerprint density at radius 1 is 1.12 bits per heavy atom. The van der Waals surface area contributed by atoms with Crippen LogP contribution in [0.25, 0.3) is 20.7 Å². The van der Waals surface area contributed by atoms with Crippen molar-refractivity contribution in [3.05, 3.63) is 82.4 Å². The molecule has 4 rings (SSSR count). The summed E-state index contributed by atoms with van der Waals surface area (Å²) in [6.07, 6.45) is 1.62. The fraction of sp³-hybridized carbons (Fsp3) is 0.143. The molecule has 0 saturated carbocycles. The van der Waals surface area contributed by atoms with E-state index in [1.165, 1.54) is 0 Å². The average molecular weight is 362 g/mol. The van der Waals surface area contributed by atoms with Crippen molar-refractivity contribution in [2.24, 2.45) is 0 Å². The van der Waals surface area contributed by atoms with E-state index in [1.807, 2.05) is 61.5 Å². The molecule has 0 bridgehead atoms. The van der Waals surface area contributed by atoms with Gasteiger partial charge >= 0.3 is 0 Å². The molecule has 2 heterocycles. The molecule has 5 heteroatoms. The summed E-state index contributed by atoms with van der Waals surface area (Å²) in [5.41, 5.74) is 3.16. The van der Waals surface area contributed by atoms with Crippen LogP contribution in [0, 0.1) is 6.92 Å². The highest BCUT2D eigenvalue weighted by Gasteiger charge is 2.12. The molecule has 4 nitrogen and oxygen atoms in total. The normalized spacial score (nSPS) is 11.0. The van der Waals surface area contributed by atoms with Gasteiger partial charge in [-0.05, 0) is 24.6 Å². The Morgan fingerprint density at radius 2 is 1.92 bits per heavy atom. The van der Waals surface area contributed by atoms with Crippen molar-refractivity contribution < 1.29 is 4.74 Å². The number of rotatable bonds is 4. The number of aryl methyl sites for hydroxylation is 1. The number of hydrogen-bond donors (Lipinski definition) is 0. The summed E-state index contributed by atoms with van der Waals surface area (Å²) in [5.74, 6) is 0.776. The summed E-state index contributed by atoms with van der Waals surface area (Å²) >= 11 is 1.54. The van der Waals surface area contributed by atoms with Crippen molar-refractivity contribution >= 4 is 21.6 Å². The quantitative estimate of drug-likeness (QED) is 0.537. The van der Waals surface area contributed by atoms with Gasteiger partial charge in [-0.15, -0.1) is 11.3 Å². The van der Waals surface area contributed by atoms with Crippen LogP contribution in [0.3, 0.4) is 0 Å². The fourth-order valence-corrected chi connectivity index (χ4v) is 4.03. The molecule has 4 aromatic rings. The van der Waals surface area contributed by atoms with Crippen LogP contribution in [-0.4, -0.2) is 16.7 Å². The monoisotopic (exact) mass is 362 g/mol. The molecule has 0 N–H and O–H groups in total. The third kappa shape index (κ3) is 3.02. The fourth-order valence-electron chi connectivity index (χ4n) is 3.03. The number of methoxy groups -OCH3 is 1. The van der Waals surface area contributed by atoms with Gasteiger partial charge in [0.05, 0.1) is 25.4 Å². The van der Waals surface area contributed by atoms with Gasteiger partial charge in [0.25, 0.3) is 5.56 Å². The maximum absolute atomic E-state index is 13.0. The third-order valence-corrected chi connectivity index (χ3v) is 5.45. The van der Waals surface area contributed by atoms with Crippen LogP contribution in [0.1, 0.15) is 11.1 Å². The predicted octanol–water partition coefficient (Wildman–Crippen LogP) is 4.49. The minimum Gasteiger partial charge on any atom is -0.496 e. The number of ether oxygens (including phenoxy) is 1. The predicted molar refractivity (Wildman–Crippen MR) is 106 cm³/mol. The smallest absolute Gasteiger partial charge is 0.262 e. The van der Waals surface area contributed by atoms with Gasteiger partial charge in [-0.1, -0.05) is 48.0 Å². The average Bonchev–Trinajstić information content (AvgIpc) is 3.10. The summed E-state index contributed by atoms with van der Waals surface area (Å²) in [7, 11) is 1.64. The molecule has 0 aliphatic heterocycles. The van der Waals surface area contributed by atoms with E-state index in [2.05, 4.69) is 4.98 Å². The molecular formula is C21H18N2O2S. The molecule has 0 aliphatic rings. The van der Waals surface area contributed by atoms with E-state index < -0.39 is 0 Å². The lowest BCUT2D eigenvalue weighted by atomic mass is 10.1. The van der Waals surface area contributed by atoms with Gasteiger partial charge in [-0.3, -0.25) is 9.36 Å². The minimum absolute atomic E-state index is 0.0306. The topological polar surface area (TPSA) is 44.1 Å². The summed E-state index contributed by atoms with van der Waals surface area (Å²) in [4.78, 5) is 19.3. The Hall–Kier alpha value is -2.92. The lowest BCUT2D eigenvalue weighted by molar-refractivity contribution is 0.408. The Morgan fingerprint density at radius 3 is 2.69 bits per heavy atom. The van der Waals surface area contributed by atoms with E-state index >= 15 is 0 Å². The molecule has 0 spiro atoms. The van der Waals surface area contributed by atoms with Crippen molar-refractivity contribution in [3.63, 3.8) is 0 Å². The first kappa shape index (κ1) is 16.5. The van der Waals surface area contributed by atoms with Gasteiger partial charge < -0.3 is 4.74 Å². The number of hydrogen-bond acceptors (Lipinski definition) is 4. The van der Waals surface area contributed by atoms with Gasteiger partial charge in [-0.2, -0.15) is 0 Å². The maximum Gasteiger partial charge on any atom is 0.262 e. The highest BCUT2D eigenvalue weighted by Crippen LogP contribution is 2.30. The van der Waals surface area contributed by atoms with E-state index in [4.69, 9.17) is 4.74 Å². The van der Waals surface area contributed by atoms with E-state index in [9.17, 15) is 4.79 Å². The second kappa shape index (κ2) is 6.77. The van der Waals surface area contributed by atoms with Crippen LogP contribution in [-0.2, 0) is 6.54 Å². The molecule has 0 fully saturated rings. The van der Waals surface area contributed by atoms with Gasteiger partial charge in [0.15, 0.2) is 0 Å². The first-order chi connectivity index (χ1) is 12.7. The molecular weight excluding hydrogens is 344 g/mol. The van der Waals surface area contributed by atoms with Crippen molar-refractivity contribution in [3.8, 4) is 16.2 Å². The van der Waals surface area contributed by atoms with Crippen LogP contribution >= 0.6 is 11.3 Å². The molecule has 2 aromatic carbocycles. The molecule has 0 amide bonds. The van der Waals surface area contributed by atoms with Crippen LogP contribution < -0.4 is 10.3 Å². The number of fused-ring (bicyclic) bond motifs is 1. The zero-order chi connectivity index (χ0) is 18.1. The number of thiophene rings is 1. The zero-order valence-corrected chi connectivity index (χ0v) is 15.4. The first-order valence-corrected chi connectivity index (χ1v) is 9.15. The van der Waals surface area contributed by atoms with E-state index in [-0.39, 0.29) is 5.56 Å². The first-order valence-electron chi connectivity index (χ1n) is 8.33. The zero-order valence-electron chi connectivity index (χ0n) is 14.6. The van der Waals surface area contributed by atoms with E-state index in [0.29, 0.717) is 11.9 Å². The van der Waals surface area contributed by atoms with Crippen molar-refractivity contribution in [1.82, 2.24) is 9.55 Å². The molecule has 26 heavy (non-hydrogen) atoms. The van der Waals surface area contributed by atoms with Crippen LogP contribution in [0.2, 0.25) is 0 Å². The largest absolute Gasteiger partial charge is 0.496 e.